The van der Waals surface area contributed by atoms with E-state index in [-0.39, 0.29) is 19.3 Å². The molecule has 0 aromatic heterocycles. The van der Waals surface area contributed by atoms with E-state index in [1.54, 1.807) is 51.1 Å². The number of rotatable bonds is 10. The van der Waals surface area contributed by atoms with Crippen molar-refractivity contribution < 1.29 is 34.1 Å². The molecule has 1 rings (SSSR count). The third-order valence-electron chi connectivity index (χ3n) is 4.08. The van der Waals surface area contributed by atoms with Gasteiger partial charge in [-0.05, 0) is 32.8 Å². The minimum atomic E-state index is -1.81. The molecule has 1 aromatic carbocycles. The van der Waals surface area contributed by atoms with E-state index in [2.05, 4.69) is 5.32 Å². The number of alkyl carbamates (subject to hydrolysis) is 1. The summed E-state index contributed by atoms with van der Waals surface area (Å²) in [4.78, 5) is 48.0. The van der Waals surface area contributed by atoms with E-state index in [1.165, 1.54) is 0 Å². The number of hydrogen-bond donors (Lipinski definition) is 4. The summed E-state index contributed by atoms with van der Waals surface area (Å²) in [6.45, 7) is 4.91. The van der Waals surface area contributed by atoms with E-state index in [9.17, 15) is 24.3 Å². The molecule has 9 heteroatoms. The summed E-state index contributed by atoms with van der Waals surface area (Å²) in [6, 6.07) is 7.32. The standard InChI is InChI=1S/C20H28N2O7/c1-19(2,3)29-18(28)22-20(12-16(24)25,11-13-7-5-4-6-8-13)15(23)10-9-14(21)17(26)27/h4-8,14H,9-12,21H2,1-3H3,(H,22,28)(H,24,25)(H,26,27)/t14?,20-/m1/s1. The molecule has 0 aliphatic heterocycles. The Bertz CT molecular complexity index is 743. The number of benzene rings is 1. The molecular weight excluding hydrogens is 380 g/mol. The van der Waals surface area contributed by atoms with Crippen molar-refractivity contribution in [2.75, 3.05) is 0 Å². The van der Waals surface area contributed by atoms with Gasteiger partial charge in [0.05, 0.1) is 6.42 Å². The van der Waals surface area contributed by atoms with Gasteiger partial charge < -0.3 is 26.0 Å². The van der Waals surface area contributed by atoms with Gasteiger partial charge in [0.2, 0.25) is 0 Å². The topological polar surface area (TPSA) is 156 Å². The van der Waals surface area contributed by atoms with Gasteiger partial charge in [-0.1, -0.05) is 30.3 Å². The number of amides is 1. The zero-order chi connectivity index (χ0) is 22.2. The maximum absolute atomic E-state index is 13.1. The van der Waals surface area contributed by atoms with Crippen LogP contribution in [0, 0.1) is 0 Å². The van der Waals surface area contributed by atoms with Crippen molar-refractivity contribution in [1.82, 2.24) is 5.32 Å². The zero-order valence-corrected chi connectivity index (χ0v) is 16.8. The van der Waals surface area contributed by atoms with Crippen LogP contribution in [0.2, 0.25) is 0 Å². The van der Waals surface area contributed by atoms with Crippen LogP contribution >= 0.6 is 0 Å². The Morgan fingerprint density at radius 2 is 1.69 bits per heavy atom. The molecule has 5 N–H and O–H groups in total. The average Bonchev–Trinajstić information content (AvgIpc) is 2.57. The molecule has 0 saturated carbocycles. The fourth-order valence-corrected chi connectivity index (χ4v) is 2.77. The van der Waals surface area contributed by atoms with Crippen LogP contribution in [-0.4, -0.2) is 51.2 Å². The van der Waals surface area contributed by atoms with Crippen molar-refractivity contribution in [3.63, 3.8) is 0 Å². The number of carbonyl (C=O) groups excluding carboxylic acids is 2. The Hall–Kier alpha value is -2.94. The summed E-state index contributed by atoms with van der Waals surface area (Å²) >= 11 is 0. The second-order valence-corrected chi connectivity index (χ2v) is 7.85. The van der Waals surface area contributed by atoms with Crippen LogP contribution in [0.1, 0.15) is 45.6 Å². The Labute approximate surface area is 169 Å². The first-order valence-corrected chi connectivity index (χ1v) is 9.13. The highest BCUT2D eigenvalue weighted by Crippen LogP contribution is 2.23. The van der Waals surface area contributed by atoms with Crippen molar-refractivity contribution in [2.45, 2.75) is 63.6 Å². The van der Waals surface area contributed by atoms with Gasteiger partial charge >= 0.3 is 18.0 Å². The Morgan fingerprint density at radius 1 is 1.10 bits per heavy atom. The molecule has 0 aliphatic carbocycles. The van der Waals surface area contributed by atoms with Gasteiger partial charge in [-0.3, -0.25) is 14.4 Å². The van der Waals surface area contributed by atoms with Crippen LogP contribution in [-0.2, 0) is 25.5 Å². The lowest BCUT2D eigenvalue weighted by molar-refractivity contribution is -0.143. The minimum absolute atomic E-state index is 0.0967. The molecule has 0 saturated heterocycles. The van der Waals surface area contributed by atoms with Crippen LogP contribution in [0.15, 0.2) is 30.3 Å². The number of nitrogens with one attached hydrogen (secondary N) is 1. The van der Waals surface area contributed by atoms with Crippen LogP contribution in [0.3, 0.4) is 0 Å². The summed E-state index contributed by atoms with van der Waals surface area (Å²) in [5.74, 6) is -3.20. The van der Waals surface area contributed by atoms with E-state index < -0.39 is 47.4 Å². The van der Waals surface area contributed by atoms with Crippen molar-refractivity contribution >= 4 is 23.8 Å². The highest BCUT2D eigenvalue weighted by Gasteiger charge is 2.42. The molecule has 0 radical (unpaired) electrons. The van der Waals surface area contributed by atoms with Gasteiger partial charge in [0.25, 0.3) is 0 Å². The maximum Gasteiger partial charge on any atom is 0.408 e. The highest BCUT2D eigenvalue weighted by atomic mass is 16.6. The number of nitrogens with two attached hydrogens (primary N) is 1. The number of hydrogen-bond acceptors (Lipinski definition) is 6. The van der Waals surface area contributed by atoms with Gasteiger partial charge in [-0.2, -0.15) is 0 Å². The predicted octanol–water partition coefficient (Wildman–Crippen LogP) is 1.73. The number of ether oxygens (including phenoxy) is 1. The summed E-state index contributed by atoms with van der Waals surface area (Å²) < 4.78 is 5.21. The average molecular weight is 408 g/mol. The third kappa shape index (κ3) is 8.30. The number of ketones is 1. The van der Waals surface area contributed by atoms with Gasteiger partial charge in [0.1, 0.15) is 17.2 Å². The maximum atomic E-state index is 13.1. The molecule has 0 aliphatic rings. The van der Waals surface area contributed by atoms with Crippen LogP contribution in [0.5, 0.6) is 0 Å². The number of carboxylic acid groups (broad SMARTS) is 2. The van der Waals surface area contributed by atoms with E-state index in [1.807, 2.05) is 0 Å². The first kappa shape index (κ1) is 24.1. The monoisotopic (exact) mass is 408 g/mol. The number of aliphatic carboxylic acids is 2. The summed E-state index contributed by atoms with van der Waals surface area (Å²) in [6.07, 6.45) is -2.24. The first-order chi connectivity index (χ1) is 13.3. The molecule has 0 spiro atoms. The van der Waals surface area contributed by atoms with Crippen molar-refractivity contribution in [3.05, 3.63) is 35.9 Å². The smallest absolute Gasteiger partial charge is 0.408 e. The fourth-order valence-electron chi connectivity index (χ4n) is 2.77. The molecule has 0 heterocycles. The lowest BCUT2D eigenvalue weighted by Crippen LogP contribution is -2.58. The van der Waals surface area contributed by atoms with Crippen LogP contribution in [0.4, 0.5) is 4.79 Å². The SMILES string of the molecule is CC(C)(C)OC(=O)N[C@@](CC(=O)O)(Cc1ccccc1)C(=O)CCC(N)C(=O)O. The number of Topliss-reactive ketones (excluding diaryl/α,β-unsaturated/α-hetero) is 1. The quantitative estimate of drug-likeness (QED) is 0.456. The molecular formula is C20H28N2O7. The fraction of sp³-hybridized carbons (Fsp3) is 0.500. The summed E-state index contributed by atoms with van der Waals surface area (Å²) in [7, 11) is 0. The third-order valence-corrected chi connectivity index (χ3v) is 4.08. The van der Waals surface area contributed by atoms with Crippen LogP contribution < -0.4 is 11.1 Å². The molecule has 0 fully saturated rings. The zero-order valence-electron chi connectivity index (χ0n) is 16.8. The molecule has 0 bridgehead atoms. The Balaban J connectivity index is 3.24. The van der Waals surface area contributed by atoms with Crippen molar-refractivity contribution in [3.8, 4) is 0 Å². The van der Waals surface area contributed by atoms with Crippen molar-refractivity contribution in [2.24, 2.45) is 5.73 Å². The van der Waals surface area contributed by atoms with Gasteiger partial charge in [-0.15, -0.1) is 0 Å². The molecule has 1 aromatic rings. The van der Waals surface area contributed by atoms with E-state index >= 15 is 0 Å². The van der Waals surface area contributed by atoms with E-state index in [4.69, 9.17) is 15.6 Å². The molecule has 2 atom stereocenters. The first-order valence-electron chi connectivity index (χ1n) is 9.13. The largest absolute Gasteiger partial charge is 0.481 e. The molecule has 1 unspecified atom stereocenters. The lowest BCUT2D eigenvalue weighted by atomic mass is 9.81. The minimum Gasteiger partial charge on any atom is -0.481 e. The molecule has 1 amide bonds. The summed E-state index contributed by atoms with van der Waals surface area (Å²) in [5.41, 5.74) is 3.42. The van der Waals surface area contributed by atoms with Crippen LogP contribution in [0.25, 0.3) is 0 Å². The molecule has 29 heavy (non-hydrogen) atoms. The number of carboxylic acids is 2. The Kier molecular flexibility index (Phi) is 8.32. The normalized spacial score (nSPS) is 14.3. The van der Waals surface area contributed by atoms with Crippen molar-refractivity contribution in [1.29, 1.82) is 0 Å². The second-order valence-electron chi connectivity index (χ2n) is 7.85. The van der Waals surface area contributed by atoms with Gasteiger partial charge in [-0.25, -0.2) is 4.79 Å². The van der Waals surface area contributed by atoms with Gasteiger partial charge in [0.15, 0.2) is 5.78 Å². The van der Waals surface area contributed by atoms with E-state index in [0.717, 1.165) is 0 Å². The predicted molar refractivity (Wildman–Crippen MR) is 104 cm³/mol. The summed E-state index contributed by atoms with van der Waals surface area (Å²) in [5, 5.41) is 20.8. The van der Waals surface area contributed by atoms with E-state index in [0.29, 0.717) is 5.56 Å². The Morgan fingerprint density at radius 3 is 2.17 bits per heavy atom. The number of carbonyl (C=O) groups is 4. The highest BCUT2D eigenvalue weighted by molar-refractivity contribution is 5.95. The molecule has 160 valence electrons. The lowest BCUT2D eigenvalue weighted by Gasteiger charge is -2.33. The van der Waals surface area contributed by atoms with Gasteiger partial charge in [0, 0.05) is 12.8 Å². The molecule has 9 nitrogen and oxygen atoms in total. The second kappa shape index (κ2) is 10.0.